The van der Waals surface area contributed by atoms with E-state index in [1.165, 1.54) is 11.1 Å². The van der Waals surface area contributed by atoms with Crippen LogP contribution in [0.1, 0.15) is 16.7 Å². The first-order valence-electron chi connectivity index (χ1n) is 13.6. The zero-order chi connectivity index (χ0) is 27.6. The van der Waals surface area contributed by atoms with E-state index in [0.717, 1.165) is 64.9 Å². The second-order valence-corrected chi connectivity index (χ2v) is 10.2. The van der Waals surface area contributed by atoms with Crippen LogP contribution >= 0.6 is 0 Å². The summed E-state index contributed by atoms with van der Waals surface area (Å²) in [7, 11) is 1.92. The fraction of sp³-hybridized carbons (Fsp3) is 0.194. The number of aryl methyl sites for hydroxylation is 1. The summed E-state index contributed by atoms with van der Waals surface area (Å²) in [6, 6.07) is 16.4. The van der Waals surface area contributed by atoms with Crippen molar-refractivity contribution in [2.45, 2.75) is 19.6 Å². The number of benzene rings is 1. The lowest BCUT2D eigenvalue weighted by Crippen LogP contribution is -2.22. The molecule has 0 bridgehead atoms. The first kappa shape index (κ1) is 24.9. The van der Waals surface area contributed by atoms with Gasteiger partial charge in [0.25, 0.3) is 0 Å². The van der Waals surface area contributed by atoms with Crippen molar-refractivity contribution in [2.75, 3.05) is 18.5 Å². The molecule has 0 saturated carbocycles. The van der Waals surface area contributed by atoms with Gasteiger partial charge in [-0.2, -0.15) is 5.10 Å². The Kier molecular flexibility index (Phi) is 6.58. The van der Waals surface area contributed by atoms with Gasteiger partial charge in [-0.15, -0.1) is 0 Å². The molecular weight excluding hydrogens is 514 g/mol. The van der Waals surface area contributed by atoms with Crippen molar-refractivity contribution in [3.05, 3.63) is 109 Å². The number of nitrogens with zero attached hydrogens (tertiary/aromatic N) is 8. The molecule has 0 spiro atoms. The second-order valence-electron chi connectivity index (χ2n) is 10.2. The molecule has 1 aliphatic rings. The van der Waals surface area contributed by atoms with Gasteiger partial charge in [-0.3, -0.25) is 19.0 Å². The summed E-state index contributed by atoms with van der Waals surface area (Å²) in [6.07, 6.45) is 13.1. The van der Waals surface area contributed by atoms with Gasteiger partial charge in [-0.05, 0) is 34.4 Å². The SMILES string of the molecule is Cn1cc(-c2ccc(CNc3cc(-c4cnc5cc(OCCN6Cc7ccncc7C6)ccn45)ncn3)cc2)cn1. The number of hydrogen-bond acceptors (Lipinski definition) is 8. The molecule has 10 nitrogen and oxygen atoms in total. The van der Waals surface area contributed by atoms with E-state index in [9.17, 15) is 0 Å². The van der Waals surface area contributed by atoms with Gasteiger partial charge in [-0.1, -0.05) is 24.3 Å². The van der Waals surface area contributed by atoms with E-state index in [-0.39, 0.29) is 0 Å². The maximum absolute atomic E-state index is 6.07. The molecule has 0 atom stereocenters. The summed E-state index contributed by atoms with van der Waals surface area (Å²) < 4.78 is 9.89. The lowest BCUT2D eigenvalue weighted by Gasteiger charge is -2.15. The molecule has 7 rings (SSSR count). The normalized spacial score (nSPS) is 13.0. The number of imidazole rings is 1. The van der Waals surface area contributed by atoms with Crippen LogP contribution < -0.4 is 10.1 Å². The Morgan fingerprint density at radius 1 is 0.902 bits per heavy atom. The molecule has 0 amide bonds. The molecule has 10 heteroatoms. The first-order valence-corrected chi connectivity index (χ1v) is 13.6. The zero-order valence-corrected chi connectivity index (χ0v) is 22.7. The van der Waals surface area contributed by atoms with E-state index < -0.39 is 0 Å². The van der Waals surface area contributed by atoms with E-state index >= 15 is 0 Å². The summed E-state index contributed by atoms with van der Waals surface area (Å²) in [5.74, 6) is 1.55. The maximum atomic E-state index is 6.07. The van der Waals surface area contributed by atoms with Crippen molar-refractivity contribution in [1.29, 1.82) is 0 Å². The molecule has 0 aliphatic carbocycles. The number of hydrogen-bond donors (Lipinski definition) is 1. The Balaban J connectivity index is 0.974. The van der Waals surface area contributed by atoms with Crippen molar-refractivity contribution in [3.63, 3.8) is 0 Å². The highest BCUT2D eigenvalue weighted by Gasteiger charge is 2.18. The molecule has 41 heavy (non-hydrogen) atoms. The number of rotatable bonds is 9. The number of fused-ring (bicyclic) bond motifs is 2. The highest BCUT2D eigenvalue weighted by molar-refractivity contribution is 5.64. The predicted molar refractivity (Wildman–Crippen MR) is 156 cm³/mol. The van der Waals surface area contributed by atoms with Crippen molar-refractivity contribution in [1.82, 2.24) is 39.0 Å². The quantitative estimate of drug-likeness (QED) is 0.283. The van der Waals surface area contributed by atoms with Crippen molar-refractivity contribution in [2.24, 2.45) is 7.05 Å². The molecule has 1 aliphatic heterocycles. The third kappa shape index (κ3) is 5.37. The average Bonchev–Trinajstić information content (AvgIpc) is 3.74. The van der Waals surface area contributed by atoms with Crippen molar-refractivity contribution in [3.8, 4) is 28.3 Å². The van der Waals surface area contributed by atoms with Crippen LogP contribution in [0.2, 0.25) is 0 Å². The molecule has 0 unspecified atom stereocenters. The van der Waals surface area contributed by atoms with Crippen molar-refractivity contribution >= 4 is 11.5 Å². The predicted octanol–water partition coefficient (Wildman–Crippen LogP) is 4.59. The fourth-order valence-corrected chi connectivity index (χ4v) is 5.15. The van der Waals surface area contributed by atoms with Gasteiger partial charge in [0.15, 0.2) is 0 Å². The van der Waals surface area contributed by atoms with E-state index in [2.05, 4.69) is 65.6 Å². The largest absolute Gasteiger partial charge is 0.492 e. The molecule has 1 N–H and O–H groups in total. The van der Waals surface area contributed by atoms with Gasteiger partial charge in [0.1, 0.15) is 30.1 Å². The molecule has 6 heterocycles. The van der Waals surface area contributed by atoms with Gasteiger partial charge < -0.3 is 10.1 Å². The summed E-state index contributed by atoms with van der Waals surface area (Å²) in [4.78, 5) is 20.1. The van der Waals surface area contributed by atoms with E-state index in [4.69, 9.17) is 4.74 Å². The lowest BCUT2D eigenvalue weighted by molar-refractivity contribution is 0.211. The molecule has 1 aromatic carbocycles. The Morgan fingerprint density at radius 3 is 2.66 bits per heavy atom. The van der Waals surface area contributed by atoms with E-state index in [1.54, 1.807) is 6.33 Å². The monoisotopic (exact) mass is 543 g/mol. The highest BCUT2D eigenvalue weighted by atomic mass is 16.5. The van der Waals surface area contributed by atoms with Crippen LogP contribution in [0.25, 0.3) is 28.2 Å². The third-order valence-corrected chi connectivity index (χ3v) is 7.35. The smallest absolute Gasteiger partial charge is 0.140 e. The number of anilines is 1. The van der Waals surface area contributed by atoms with Crippen molar-refractivity contribution < 1.29 is 4.74 Å². The van der Waals surface area contributed by atoms with Crippen LogP contribution in [0, 0.1) is 0 Å². The minimum absolute atomic E-state index is 0.609. The topological polar surface area (TPSA) is 98.3 Å². The Labute approximate surface area is 237 Å². The van der Waals surface area contributed by atoms with Crippen LogP contribution in [0.5, 0.6) is 5.75 Å². The molecule has 204 valence electrons. The summed E-state index contributed by atoms with van der Waals surface area (Å²) >= 11 is 0. The number of pyridine rings is 2. The van der Waals surface area contributed by atoms with Gasteiger partial charge >= 0.3 is 0 Å². The van der Waals surface area contributed by atoms with Gasteiger partial charge in [0.05, 0.1) is 23.8 Å². The number of nitrogens with one attached hydrogen (secondary N) is 1. The van der Waals surface area contributed by atoms with E-state index in [0.29, 0.717) is 13.2 Å². The van der Waals surface area contributed by atoms with Crippen LogP contribution in [0.3, 0.4) is 0 Å². The minimum atomic E-state index is 0.609. The molecule has 5 aromatic heterocycles. The molecule has 6 aromatic rings. The van der Waals surface area contributed by atoms with Crippen LogP contribution in [0.15, 0.2) is 92.0 Å². The molecule has 0 saturated heterocycles. The zero-order valence-electron chi connectivity index (χ0n) is 22.7. The third-order valence-electron chi connectivity index (χ3n) is 7.35. The second kappa shape index (κ2) is 10.8. The standard InChI is InChI=1S/C31H29N9O/c1-38-18-26(16-37-38)23-4-2-22(3-5-23)14-33-30-13-28(35-21-36-30)29-17-34-31-12-27(7-9-40(29)31)41-11-10-39-19-24-6-8-32-15-25(24)20-39/h2-9,12-13,15-18,21H,10-11,14,19-20H2,1H3,(H,33,35,36). The first-order chi connectivity index (χ1) is 20.2. The maximum Gasteiger partial charge on any atom is 0.140 e. The highest BCUT2D eigenvalue weighted by Crippen LogP contribution is 2.25. The molecular formula is C31H29N9O. The van der Waals surface area contributed by atoms with Gasteiger partial charge in [-0.25, -0.2) is 15.0 Å². The number of aromatic nitrogens is 7. The Morgan fingerprint density at radius 2 is 1.80 bits per heavy atom. The van der Waals surface area contributed by atoms with Crippen LogP contribution in [-0.4, -0.2) is 52.2 Å². The van der Waals surface area contributed by atoms with Gasteiger partial charge in [0, 0.05) is 75.7 Å². The fourth-order valence-electron chi connectivity index (χ4n) is 5.15. The summed E-state index contributed by atoms with van der Waals surface area (Å²) in [6.45, 7) is 3.97. The molecule has 0 radical (unpaired) electrons. The Bertz CT molecular complexity index is 1780. The lowest BCUT2D eigenvalue weighted by atomic mass is 10.1. The van der Waals surface area contributed by atoms with Crippen LogP contribution in [0.4, 0.5) is 5.82 Å². The number of ether oxygens (including phenoxy) is 1. The average molecular weight is 544 g/mol. The van der Waals surface area contributed by atoms with Gasteiger partial charge in [0.2, 0.25) is 0 Å². The Hall–Kier alpha value is -5.09. The molecule has 0 fully saturated rings. The van der Waals surface area contributed by atoms with E-state index in [1.807, 2.05) is 71.5 Å². The summed E-state index contributed by atoms with van der Waals surface area (Å²) in [5, 5.41) is 7.66. The minimum Gasteiger partial charge on any atom is -0.492 e. The van der Waals surface area contributed by atoms with Crippen LogP contribution in [-0.2, 0) is 26.7 Å². The summed E-state index contributed by atoms with van der Waals surface area (Å²) in [5.41, 5.74) is 8.54.